The third-order valence-electron chi connectivity index (χ3n) is 1.45. The molecule has 0 amide bonds. The molecule has 64 valence electrons. The van der Waals surface area contributed by atoms with Gasteiger partial charge >= 0.3 is 0 Å². The van der Waals surface area contributed by atoms with Crippen LogP contribution >= 0.6 is 0 Å². The molecule has 0 unspecified atom stereocenters. The molecule has 4 heteroatoms. The molecule has 0 aliphatic rings. The lowest BCUT2D eigenvalue weighted by Gasteiger charge is -2.04. The van der Waals surface area contributed by atoms with Gasteiger partial charge in [0.25, 0.3) is 0 Å². The number of aromatic hydroxyl groups is 1. The molecular formula is C8H9NO3. The summed E-state index contributed by atoms with van der Waals surface area (Å²) in [6.07, 6.45) is 1.12. The molecule has 0 aromatic heterocycles. The van der Waals surface area contributed by atoms with Crippen LogP contribution in [-0.2, 0) is 0 Å². The molecule has 0 fully saturated rings. The summed E-state index contributed by atoms with van der Waals surface area (Å²) in [5.41, 5.74) is 0.363. The van der Waals surface area contributed by atoms with Gasteiger partial charge in [-0.3, -0.25) is 0 Å². The van der Waals surface area contributed by atoms with E-state index in [2.05, 4.69) is 5.16 Å². The van der Waals surface area contributed by atoms with Crippen LogP contribution in [0, 0.1) is 0 Å². The molecule has 0 spiro atoms. The number of nitrogens with zero attached hydrogens (tertiary/aromatic N) is 1. The second-order valence-corrected chi connectivity index (χ2v) is 2.14. The zero-order chi connectivity index (χ0) is 8.97. The van der Waals surface area contributed by atoms with Gasteiger partial charge in [0.2, 0.25) is 0 Å². The number of rotatable bonds is 2. The summed E-state index contributed by atoms with van der Waals surface area (Å²) in [5.74, 6) is 0.486. The van der Waals surface area contributed by atoms with Crippen molar-refractivity contribution in [3.05, 3.63) is 23.8 Å². The summed E-state index contributed by atoms with van der Waals surface area (Å²) in [6.45, 7) is 0. The summed E-state index contributed by atoms with van der Waals surface area (Å²) in [7, 11) is 1.48. The van der Waals surface area contributed by atoms with E-state index in [9.17, 15) is 5.11 Å². The maximum Gasteiger partial charge on any atom is 0.131 e. The van der Waals surface area contributed by atoms with Crippen LogP contribution < -0.4 is 4.74 Å². The molecule has 0 bridgehead atoms. The van der Waals surface area contributed by atoms with Gasteiger partial charge in [-0.25, -0.2) is 0 Å². The zero-order valence-electron chi connectivity index (χ0n) is 6.56. The topological polar surface area (TPSA) is 62.0 Å². The first-order valence-electron chi connectivity index (χ1n) is 3.33. The van der Waals surface area contributed by atoms with Gasteiger partial charge in [-0.1, -0.05) is 11.2 Å². The second-order valence-electron chi connectivity index (χ2n) is 2.14. The van der Waals surface area contributed by atoms with Gasteiger partial charge in [0.15, 0.2) is 0 Å². The minimum Gasteiger partial charge on any atom is -0.507 e. The fourth-order valence-corrected chi connectivity index (χ4v) is 0.898. The van der Waals surface area contributed by atoms with Gasteiger partial charge in [-0.15, -0.1) is 0 Å². The molecule has 4 nitrogen and oxygen atoms in total. The molecule has 0 saturated carbocycles. The molecule has 0 aliphatic heterocycles. The zero-order valence-corrected chi connectivity index (χ0v) is 6.56. The molecule has 0 saturated heterocycles. The summed E-state index contributed by atoms with van der Waals surface area (Å²) in [5, 5.41) is 20.3. The van der Waals surface area contributed by atoms with Crippen molar-refractivity contribution in [2.45, 2.75) is 0 Å². The van der Waals surface area contributed by atoms with Crippen LogP contribution in [0.2, 0.25) is 0 Å². The Morgan fingerprint density at radius 1 is 1.50 bits per heavy atom. The van der Waals surface area contributed by atoms with Gasteiger partial charge in [0.1, 0.15) is 11.5 Å². The molecule has 0 radical (unpaired) electrons. The second kappa shape index (κ2) is 3.61. The van der Waals surface area contributed by atoms with Gasteiger partial charge < -0.3 is 15.1 Å². The van der Waals surface area contributed by atoms with E-state index < -0.39 is 0 Å². The first kappa shape index (κ1) is 8.39. The minimum absolute atomic E-state index is 0.0205. The van der Waals surface area contributed by atoms with E-state index in [-0.39, 0.29) is 5.75 Å². The number of benzene rings is 1. The minimum atomic E-state index is 0.0205. The Morgan fingerprint density at radius 2 is 2.25 bits per heavy atom. The highest BCUT2D eigenvalue weighted by atomic mass is 16.5. The lowest BCUT2D eigenvalue weighted by molar-refractivity contribution is 0.321. The predicted octanol–water partition coefficient (Wildman–Crippen LogP) is 1.21. The first-order valence-corrected chi connectivity index (χ1v) is 3.33. The Labute approximate surface area is 69.7 Å². The van der Waals surface area contributed by atoms with Gasteiger partial charge in [-0.2, -0.15) is 0 Å². The predicted molar refractivity (Wildman–Crippen MR) is 44.0 cm³/mol. The molecule has 1 aromatic rings. The molecule has 1 aromatic carbocycles. The summed E-state index contributed by atoms with van der Waals surface area (Å²) in [6, 6.07) is 4.79. The third-order valence-corrected chi connectivity index (χ3v) is 1.45. The normalized spacial score (nSPS) is 10.4. The van der Waals surface area contributed by atoms with Crippen LogP contribution in [0.1, 0.15) is 5.56 Å². The van der Waals surface area contributed by atoms with Crippen LogP contribution in [0.25, 0.3) is 0 Å². The third kappa shape index (κ3) is 1.47. The van der Waals surface area contributed by atoms with Gasteiger partial charge in [-0.05, 0) is 12.1 Å². The number of phenolic OH excluding ortho intramolecular Hbond substituents is 1. The van der Waals surface area contributed by atoms with Crippen molar-refractivity contribution < 1.29 is 15.1 Å². The number of ether oxygens (including phenoxy) is 1. The van der Waals surface area contributed by atoms with Crippen LogP contribution in [0.3, 0.4) is 0 Å². The largest absolute Gasteiger partial charge is 0.507 e. The fourth-order valence-electron chi connectivity index (χ4n) is 0.898. The van der Waals surface area contributed by atoms with Crippen LogP contribution in [-0.4, -0.2) is 23.6 Å². The molecule has 0 aliphatic carbocycles. The molecule has 1 rings (SSSR count). The monoisotopic (exact) mass is 167 g/mol. The van der Waals surface area contributed by atoms with E-state index in [0.717, 1.165) is 6.21 Å². The van der Waals surface area contributed by atoms with Crippen molar-refractivity contribution in [3.63, 3.8) is 0 Å². The van der Waals surface area contributed by atoms with Gasteiger partial charge in [0.05, 0.1) is 18.9 Å². The molecule has 0 heterocycles. The maximum absolute atomic E-state index is 9.27. The van der Waals surface area contributed by atoms with Crippen molar-refractivity contribution in [2.24, 2.45) is 5.16 Å². The van der Waals surface area contributed by atoms with Crippen molar-refractivity contribution in [1.82, 2.24) is 0 Å². The Morgan fingerprint density at radius 3 is 2.83 bits per heavy atom. The number of hydrogen-bond donors (Lipinski definition) is 2. The molecule has 0 atom stereocenters. The Kier molecular flexibility index (Phi) is 2.53. The van der Waals surface area contributed by atoms with Crippen LogP contribution in [0.15, 0.2) is 23.4 Å². The first-order chi connectivity index (χ1) is 5.79. The quantitative estimate of drug-likeness (QED) is 0.395. The molecule has 2 N–H and O–H groups in total. The Hall–Kier alpha value is -1.71. The highest BCUT2D eigenvalue weighted by molar-refractivity contribution is 5.86. The standard InChI is InChI=1S/C8H9NO3/c1-12-8-4-2-3-7(10)6(8)5-9-11/h2-5,10-11H,1H3/b9-5+. The van der Waals surface area contributed by atoms with E-state index in [4.69, 9.17) is 9.94 Å². The Bertz CT molecular complexity index is 296. The molecular weight excluding hydrogens is 158 g/mol. The van der Waals surface area contributed by atoms with E-state index >= 15 is 0 Å². The molecule has 12 heavy (non-hydrogen) atoms. The van der Waals surface area contributed by atoms with Crippen molar-refractivity contribution in [3.8, 4) is 11.5 Å². The smallest absolute Gasteiger partial charge is 0.131 e. The van der Waals surface area contributed by atoms with Crippen molar-refractivity contribution in [1.29, 1.82) is 0 Å². The lowest BCUT2D eigenvalue weighted by atomic mass is 10.2. The van der Waals surface area contributed by atoms with E-state index in [1.165, 1.54) is 13.2 Å². The van der Waals surface area contributed by atoms with Crippen molar-refractivity contribution >= 4 is 6.21 Å². The number of phenols is 1. The highest BCUT2D eigenvalue weighted by Crippen LogP contribution is 2.24. The SMILES string of the molecule is COc1cccc(O)c1/C=N/O. The van der Waals surface area contributed by atoms with Gasteiger partial charge in [0, 0.05) is 0 Å². The van der Waals surface area contributed by atoms with Crippen LogP contribution in [0.5, 0.6) is 11.5 Å². The van der Waals surface area contributed by atoms with Crippen molar-refractivity contribution in [2.75, 3.05) is 7.11 Å². The number of oxime groups is 1. The average Bonchev–Trinajstić information content (AvgIpc) is 2.09. The average molecular weight is 167 g/mol. The van der Waals surface area contributed by atoms with Crippen LogP contribution in [0.4, 0.5) is 0 Å². The maximum atomic E-state index is 9.27. The lowest BCUT2D eigenvalue weighted by Crippen LogP contribution is -1.90. The highest BCUT2D eigenvalue weighted by Gasteiger charge is 2.04. The number of hydrogen-bond acceptors (Lipinski definition) is 4. The van der Waals surface area contributed by atoms with E-state index in [1.807, 2.05) is 0 Å². The fraction of sp³-hybridized carbons (Fsp3) is 0.125. The summed E-state index contributed by atoms with van der Waals surface area (Å²) in [4.78, 5) is 0. The summed E-state index contributed by atoms with van der Waals surface area (Å²) < 4.78 is 4.92. The number of methoxy groups -OCH3 is 1. The van der Waals surface area contributed by atoms with E-state index in [0.29, 0.717) is 11.3 Å². The summed E-state index contributed by atoms with van der Waals surface area (Å²) >= 11 is 0. The Balaban J connectivity index is 3.19. The van der Waals surface area contributed by atoms with E-state index in [1.54, 1.807) is 12.1 Å².